The molecule has 0 spiro atoms. The van der Waals surface area contributed by atoms with E-state index in [-0.39, 0.29) is 17.2 Å². The fraction of sp³-hybridized carbons (Fsp3) is 0.500. The Morgan fingerprint density at radius 3 is 2.68 bits per heavy atom. The van der Waals surface area contributed by atoms with Crippen molar-refractivity contribution >= 4 is 17.5 Å². The Bertz CT molecular complexity index is 484. The van der Waals surface area contributed by atoms with Crippen molar-refractivity contribution in [2.75, 3.05) is 20.6 Å². The van der Waals surface area contributed by atoms with Crippen LogP contribution >= 0.6 is 11.6 Å². The number of rotatable bonds is 4. The normalized spacial score (nSPS) is 17.1. The molecule has 0 heterocycles. The highest BCUT2D eigenvalue weighted by molar-refractivity contribution is 6.33. The molecule has 0 bridgehead atoms. The van der Waals surface area contributed by atoms with Crippen molar-refractivity contribution in [3.8, 4) is 5.75 Å². The van der Waals surface area contributed by atoms with E-state index in [1.54, 1.807) is 0 Å². The van der Waals surface area contributed by atoms with E-state index < -0.39 is 0 Å². The van der Waals surface area contributed by atoms with E-state index in [4.69, 9.17) is 11.6 Å². The summed E-state index contributed by atoms with van der Waals surface area (Å²) in [6.07, 6.45) is 3.38. The molecule has 1 saturated carbocycles. The Labute approximate surface area is 118 Å². The van der Waals surface area contributed by atoms with Gasteiger partial charge in [0.15, 0.2) is 0 Å². The highest BCUT2D eigenvalue weighted by atomic mass is 35.5. The van der Waals surface area contributed by atoms with Crippen LogP contribution in [0, 0.1) is 0 Å². The molecule has 1 aromatic rings. The van der Waals surface area contributed by atoms with E-state index in [1.807, 2.05) is 14.1 Å². The first-order chi connectivity index (χ1) is 8.94. The van der Waals surface area contributed by atoms with Gasteiger partial charge < -0.3 is 15.3 Å². The van der Waals surface area contributed by atoms with Gasteiger partial charge in [-0.3, -0.25) is 4.79 Å². The molecular formula is C14H19ClN2O2. The second kappa shape index (κ2) is 5.39. The second-order valence-corrected chi connectivity index (χ2v) is 5.73. The first-order valence-corrected chi connectivity index (χ1v) is 6.76. The maximum absolute atomic E-state index is 12.1. The van der Waals surface area contributed by atoms with Gasteiger partial charge in [-0.2, -0.15) is 0 Å². The summed E-state index contributed by atoms with van der Waals surface area (Å²) in [6, 6.07) is 4.38. The number of carbonyl (C=O) groups is 1. The Balaban J connectivity index is 2.03. The summed E-state index contributed by atoms with van der Waals surface area (Å²) in [6.45, 7) is 0.602. The summed E-state index contributed by atoms with van der Waals surface area (Å²) in [4.78, 5) is 14.3. The Kier molecular flexibility index (Phi) is 4.02. The van der Waals surface area contributed by atoms with Crippen molar-refractivity contribution in [2.24, 2.45) is 0 Å². The van der Waals surface area contributed by atoms with E-state index in [9.17, 15) is 9.90 Å². The molecule has 1 amide bonds. The van der Waals surface area contributed by atoms with E-state index >= 15 is 0 Å². The van der Waals surface area contributed by atoms with Crippen molar-refractivity contribution < 1.29 is 9.90 Å². The second-order valence-electron chi connectivity index (χ2n) is 5.32. The maximum atomic E-state index is 12.1. The summed E-state index contributed by atoms with van der Waals surface area (Å²) in [5.41, 5.74) is 0.383. The number of halogens is 1. The molecule has 1 fully saturated rings. The maximum Gasteiger partial charge on any atom is 0.252 e. The number of amides is 1. The van der Waals surface area contributed by atoms with Gasteiger partial charge in [-0.15, -0.1) is 0 Å². The quantitative estimate of drug-likeness (QED) is 0.891. The number of hydrogen-bond acceptors (Lipinski definition) is 3. The number of phenolic OH excluding ortho intramolecular Hbond substituents is 1. The van der Waals surface area contributed by atoms with Gasteiger partial charge in [-0.25, -0.2) is 0 Å². The van der Waals surface area contributed by atoms with Crippen LogP contribution in [0.1, 0.15) is 29.6 Å². The third kappa shape index (κ3) is 2.85. The molecule has 2 N–H and O–H groups in total. The van der Waals surface area contributed by atoms with Gasteiger partial charge in [0.05, 0.1) is 10.6 Å². The number of hydrogen-bond donors (Lipinski definition) is 2. The Morgan fingerprint density at radius 2 is 2.16 bits per heavy atom. The predicted octanol–water partition coefficient (Wildman–Crippen LogP) is 2.26. The van der Waals surface area contributed by atoms with Crippen LogP contribution in [0.3, 0.4) is 0 Å². The number of nitrogens with one attached hydrogen (secondary N) is 1. The summed E-state index contributed by atoms with van der Waals surface area (Å²) in [5.74, 6) is -0.199. The molecule has 0 aromatic heterocycles. The standard InChI is InChI=1S/C14H19ClN2O2/c1-17(2)14(6-3-7-14)9-16-13(19)11-8-10(18)4-5-12(11)15/h4-5,8,18H,3,6-7,9H2,1-2H3,(H,16,19). The zero-order chi connectivity index (χ0) is 14.0. The van der Waals surface area contributed by atoms with E-state index in [1.165, 1.54) is 24.6 Å². The van der Waals surface area contributed by atoms with Crippen LogP contribution < -0.4 is 5.32 Å². The van der Waals surface area contributed by atoms with Gasteiger partial charge in [0.2, 0.25) is 0 Å². The van der Waals surface area contributed by atoms with Gasteiger partial charge in [-0.1, -0.05) is 11.6 Å². The fourth-order valence-corrected chi connectivity index (χ4v) is 2.60. The average molecular weight is 283 g/mol. The summed E-state index contributed by atoms with van der Waals surface area (Å²) >= 11 is 5.97. The number of nitrogens with zero attached hydrogens (tertiary/aromatic N) is 1. The molecule has 0 unspecified atom stereocenters. The topological polar surface area (TPSA) is 52.6 Å². The lowest BCUT2D eigenvalue weighted by molar-refractivity contribution is 0.0557. The van der Waals surface area contributed by atoms with E-state index in [0.717, 1.165) is 12.8 Å². The molecule has 0 aliphatic heterocycles. The van der Waals surface area contributed by atoms with Crippen LogP contribution in [0.15, 0.2) is 18.2 Å². The first kappa shape index (κ1) is 14.2. The molecule has 0 radical (unpaired) electrons. The molecule has 4 nitrogen and oxygen atoms in total. The van der Waals surface area contributed by atoms with Crippen LogP contribution in [0.4, 0.5) is 0 Å². The van der Waals surface area contributed by atoms with Crippen LogP contribution in [-0.4, -0.2) is 42.1 Å². The minimum absolute atomic E-state index is 0.0421. The molecule has 0 atom stereocenters. The van der Waals surface area contributed by atoms with Crippen molar-refractivity contribution in [3.05, 3.63) is 28.8 Å². The Morgan fingerprint density at radius 1 is 1.47 bits per heavy atom. The van der Waals surface area contributed by atoms with Gasteiger partial charge in [0.25, 0.3) is 5.91 Å². The average Bonchev–Trinajstić information content (AvgIpc) is 2.30. The molecule has 1 aromatic carbocycles. The predicted molar refractivity (Wildman–Crippen MR) is 75.7 cm³/mol. The lowest BCUT2D eigenvalue weighted by Gasteiger charge is -2.47. The molecule has 19 heavy (non-hydrogen) atoms. The largest absolute Gasteiger partial charge is 0.508 e. The number of likely N-dealkylation sites (N-methyl/N-ethyl adjacent to an activating group) is 1. The molecule has 0 saturated heterocycles. The lowest BCUT2D eigenvalue weighted by atomic mass is 9.75. The van der Waals surface area contributed by atoms with Crippen LogP contribution in [-0.2, 0) is 0 Å². The summed E-state index contributed by atoms with van der Waals surface area (Å²) in [5, 5.41) is 12.7. The zero-order valence-corrected chi connectivity index (χ0v) is 12.0. The van der Waals surface area contributed by atoms with E-state index in [0.29, 0.717) is 17.1 Å². The third-order valence-electron chi connectivity index (χ3n) is 4.01. The highest BCUT2D eigenvalue weighted by Gasteiger charge is 2.39. The summed E-state index contributed by atoms with van der Waals surface area (Å²) in [7, 11) is 4.07. The molecule has 1 aliphatic rings. The molecular weight excluding hydrogens is 264 g/mol. The van der Waals surface area contributed by atoms with Crippen molar-refractivity contribution in [3.63, 3.8) is 0 Å². The minimum Gasteiger partial charge on any atom is -0.508 e. The lowest BCUT2D eigenvalue weighted by Crippen LogP contribution is -2.57. The monoisotopic (exact) mass is 282 g/mol. The van der Waals surface area contributed by atoms with Gasteiger partial charge in [-0.05, 0) is 51.6 Å². The van der Waals surface area contributed by atoms with Gasteiger partial charge >= 0.3 is 0 Å². The smallest absolute Gasteiger partial charge is 0.252 e. The zero-order valence-electron chi connectivity index (χ0n) is 11.2. The molecule has 2 rings (SSSR count). The van der Waals surface area contributed by atoms with Crippen molar-refractivity contribution in [1.29, 1.82) is 0 Å². The summed E-state index contributed by atoms with van der Waals surface area (Å²) < 4.78 is 0. The minimum atomic E-state index is -0.242. The van der Waals surface area contributed by atoms with Gasteiger partial charge in [0, 0.05) is 12.1 Å². The third-order valence-corrected chi connectivity index (χ3v) is 4.34. The van der Waals surface area contributed by atoms with Gasteiger partial charge in [0.1, 0.15) is 5.75 Å². The first-order valence-electron chi connectivity index (χ1n) is 6.39. The van der Waals surface area contributed by atoms with Crippen LogP contribution in [0.5, 0.6) is 5.75 Å². The number of aromatic hydroxyl groups is 1. The number of carbonyl (C=O) groups excluding carboxylic acids is 1. The fourth-order valence-electron chi connectivity index (χ4n) is 2.39. The molecule has 104 valence electrons. The SMILES string of the molecule is CN(C)C1(CNC(=O)c2cc(O)ccc2Cl)CCC1. The van der Waals surface area contributed by atoms with Crippen LogP contribution in [0.2, 0.25) is 5.02 Å². The van der Waals surface area contributed by atoms with Crippen LogP contribution in [0.25, 0.3) is 0 Å². The van der Waals surface area contributed by atoms with E-state index in [2.05, 4.69) is 10.2 Å². The van der Waals surface area contributed by atoms with Crippen molar-refractivity contribution in [1.82, 2.24) is 10.2 Å². The molecule has 5 heteroatoms. The molecule has 1 aliphatic carbocycles. The highest BCUT2D eigenvalue weighted by Crippen LogP contribution is 2.35. The number of phenols is 1. The number of benzene rings is 1. The Hall–Kier alpha value is -1.26. The van der Waals surface area contributed by atoms with Crippen molar-refractivity contribution in [2.45, 2.75) is 24.8 Å².